The Bertz CT molecular complexity index is 705. The zero-order valence-electron chi connectivity index (χ0n) is 11.6. The predicted molar refractivity (Wildman–Crippen MR) is 80.9 cm³/mol. The molecule has 106 valence electrons. The summed E-state index contributed by atoms with van der Waals surface area (Å²) in [7, 11) is 0. The molecule has 0 aliphatic rings. The van der Waals surface area contributed by atoms with Crippen LogP contribution in [0, 0.1) is 18.3 Å². The molecule has 21 heavy (non-hydrogen) atoms. The summed E-state index contributed by atoms with van der Waals surface area (Å²) in [6, 6.07) is 14.0. The Hall–Kier alpha value is -3.00. The van der Waals surface area contributed by atoms with E-state index in [2.05, 4.69) is 5.32 Å². The summed E-state index contributed by atoms with van der Waals surface area (Å²) in [4.78, 5) is 11.8. The molecule has 0 aliphatic heterocycles. The molecule has 1 amide bonds. The van der Waals surface area contributed by atoms with E-state index in [1.807, 2.05) is 19.1 Å². The van der Waals surface area contributed by atoms with Gasteiger partial charge in [-0.05, 0) is 42.8 Å². The number of hydrogen-bond acceptors (Lipinski definition) is 4. The van der Waals surface area contributed by atoms with Crippen LogP contribution in [-0.4, -0.2) is 12.5 Å². The average Bonchev–Trinajstić information content (AvgIpc) is 2.48. The van der Waals surface area contributed by atoms with Crippen LogP contribution in [0.4, 0.5) is 11.4 Å². The lowest BCUT2D eigenvalue weighted by molar-refractivity contribution is -0.118. The van der Waals surface area contributed by atoms with E-state index in [4.69, 9.17) is 15.7 Å². The van der Waals surface area contributed by atoms with Crippen LogP contribution in [0.25, 0.3) is 0 Å². The maximum Gasteiger partial charge on any atom is 0.262 e. The third-order valence-electron chi connectivity index (χ3n) is 2.81. The Morgan fingerprint density at radius 2 is 2.14 bits per heavy atom. The molecule has 0 fully saturated rings. The molecule has 2 aromatic carbocycles. The van der Waals surface area contributed by atoms with Crippen molar-refractivity contribution >= 4 is 17.3 Å². The molecule has 0 unspecified atom stereocenters. The summed E-state index contributed by atoms with van der Waals surface area (Å²) < 4.78 is 5.34. The second-order valence-electron chi connectivity index (χ2n) is 4.57. The predicted octanol–water partition coefficient (Wildman–Crippen LogP) is 2.47. The zero-order chi connectivity index (χ0) is 15.2. The van der Waals surface area contributed by atoms with E-state index in [9.17, 15) is 4.79 Å². The van der Waals surface area contributed by atoms with E-state index in [1.165, 1.54) is 0 Å². The molecule has 0 saturated heterocycles. The van der Waals surface area contributed by atoms with Crippen molar-refractivity contribution in [3.63, 3.8) is 0 Å². The standard InChI is InChI=1S/C16H15N3O2/c1-11-5-6-15(14(18)7-11)19-16(20)10-21-13-4-2-3-12(8-13)9-17/h2-8H,10,18H2,1H3,(H,19,20). The number of hydrogen-bond donors (Lipinski definition) is 2. The van der Waals surface area contributed by atoms with Crippen molar-refractivity contribution in [2.45, 2.75) is 6.92 Å². The third kappa shape index (κ3) is 3.98. The van der Waals surface area contributed by atoms with Gasteiger partial charge < -0.3 is 15.8 Å². The van der Waals surface area contributed by atoms with Gasteiger partial charge in [0.25, 0.3) is 5.91 Å². The minimum Gasteiger partial charge on any atom is -0.484 e. The van der Waals surface area contributed by atoms with Crippen LogP contribution in [0.15, 0.2) is 42.5 Å². The van der Waals surface area contributed by atoms with Crippen molar-refractivity contribution in [1.29, 1.82) is 5.26 Å². The molecular formula is C16H15N3O2. The number of nitrogens with zero attached hydrogens (tertiary/aromatic N) is 1. The van der Waals surface area contributed by atoms with Crippen molar-refractivity contribution in [2.75, 3.05) is 17.7 Å². The summed E-state index contributed by atoms with van der Waals surface area (Å²) in [6.07, 6.45) is 0. The van der Waals surface area contributed by atoms with Gasteiger partial charge in [-0.15, -0.1) is 0 Å². The number of amides is 1. The normalized spacial score (nSPS) is 9.71. The van der Waals surface area contributed by atoms with Gasteiger partial charge >= 0.3 is 0 Å². The molecule has 5 nitrogen and oxygen atoms in total. The Morgan fingerprint density at radius 3 is 2.86 bits per heavy atom. The first-order valence-corrected chi connectivity index (χ1v) is 6.37. The van der Waals surface area contributed by atoms with Crippen LogP contribution in [-0.2, 0) is 4.79 Å². The van der Waals surface area contributed by atoms with Crippen LogP contribution >= 0.6 is 0 Å². The highest BCUT2D eigenvalue weighted by atomic mass is 16.5. The van der Waals surface area contributed by atoms with Gasteiger partial charge in [0.05, 0.1) is 23.0 Å². The zero-order valence-corrected chi connectivity index (χ0v) is 11.6. The van der Waals surface area contributed by atoms with Crippen molar-refractivity contribution in [1.82, 2.24) is 0 Å². The molecule has 0 radical (unpaired) electrons. The fourth-order valence-corrected chi connectivity index (χ4v) is 1.79. The van der Waals surface area contributed by atoms with E-state index in [0.717, 1.165) is 5.56 Å². The van der Waals surface area contributed by atoms with Crippen molar-refractivity contribution in [3.8, 4) is 11.8 Å². The van der Waals surface area contributed by atoms with Crippen molar-refractivity contribution < 1.29 is 9.53 Å². The number of benzene rings is 2. The fourth-order valence-electron chi connectivity index (χ4n) is 1.79. The number of carbonyl (C=O) groups excluding carboxylic acids is 1. The minimum absolute atomic E-state index is 0.151. The smallest absolute Gasteiger partial charge is 0.262 e. The van der Waals surface area contributed by atoms with E-state index < -0.39 is 0 Å². The highest BCUT2D eigenvalue weighted by Gasteiger charge is 2.06. The maximum atomic E-state index is 11.8. The average molecular weight is 281 g/mol. The van der Waals surface area contributed by atoms with E-state index in [0.29, 0.717) is 22.7 Å². The van der Waals surface area contributed by atoms with E-state index >= 15 is 0 Å². The lowest BCUT2D eigenvalue weighted by Gasteiger charge is -2.10. The number of anilines is 2. The molecule has 3 N–H and O–H groups in total. The number of carbonyl (C=O) groups is 1. The number of rotatable bonds is 4. The Balaban J connectivity index is 1.94. The molecule has 0 saturated carbocycles. The maximum absolute atomic E-state index is 11.8. The van der Waals surface area contributed by atoms with Crippen LogP contribution in [0.5, 0.6) is 5.75 Å². The van der Waals surface area contributed by atoms with Gasteiger partial charge in [0.1, 0.15) is 5.75 Å². The molecule has 0 aliphatic carbocycles. The summed E-state index contributed by atoms with van der Waals surface area (Å²) in [5.74, 6) is 0.161. The topological polar surface area (TPSA) is 88.1 Å². The summed E-state index contributed by atoms with van der Waals surface area (Å²) >= 11 is 0. The van der Waals surface area contributed by atoms with E-state index in [-0.39, 0.29) is 12.5 Å². The molecule has 0 bridgehead atoms. The molecule has 5 heteroatoms. The molecule has 2 aromatic rings. The van der Waals surface area contributed by atoms with Crippen molar-refractivity contribution in [3.05, 3.63) is 53.6 Å². The van der Waals surface area contributed by atoms with Gasteiger partial charge in [0.2, 0.25) is 0 Å². The molecular weight excluding hydrogens is 266 g/mol. The second kappa shape index (κ2) is 6.44. The van der Waals surface area contributed by atoms with Gasteiger partial charge in [0, 0.05) is 0 Å². The fraction of sp³-hybridized carbons (Fsp3) is 0.125. The lowest BCUT2D eigenvalue weighted by Crippen LogP contribution is -2.20. The van der Waals surface area contributed by atoms with Gasteiger partial charge in [-0.2, -0.15) is 5.26 Å². The lowest BCUT2D eigenvalue weighted by atomic mass is 10.2. The first-order valence-electron chi connectivity index (χ1n) is 6.37. The van der Waals surface area contributed by atoms with Gasteiger partial charge in [0.15, 0.2) is 6.61 Å². The third-order valence-corrected chi connectivity index (χ3v) is 2.81. The second-order valence-corrected chi connectivity index (χ2v) is 4.57. The van der Waals surface area contributed by atoms with E-state index in [1.54, 1.807) is 36.4 Å². The quantitative estimate of drug-likeness (QED) is 0.843. The number of aryl methyl sites for hydroxylation is 1. The van der Waals surface area contributed by atoms with Gasteiger partial charge in [-0.3, -0.25) is 4.79 Å². The van der Waals surface area contributed by atoms with Crippen LogP contribution < -0.4 is 15.8 Å². The number of nitriles is 1. The van der Waals surface area contributed by atoms with Crippen molar-refractivity contribution in [2.24, 2.45) is 0 Å². The van der Waals surface area contributed by atoms with Gasteiger partial charge in [-0.1, -0.05) is 12.1 Å². The van der Waals surface area contributed by atoms with Crippen LogP contribution in [0.3, 0.4) is 0 Å². The number of nitrogens with two attached hydrogens (primary N) is 1. The molecule has 0 spiro atoms. The Kier molecular flexibility index (Phi) is 4.42. The molecule has 0 aromatic heterocycles. The highest BCUT2D eigenvalue weighted by molar-refractivity contribution is 5.94. The largest absolute Gasteiger partial charge is 0.484 e. The highest BCUT2D eigenvalue weighted by Crippen LogP contribution is 2.19. The molecule has 2 rings (SSSR count). The van der Waals surface area contributed by atoms with Crippen LogP contribution in [0.2, 0.25) is 0 Å². The number of nitrogens with one attached hydrogen (secondary N) is 1. The summed E-state index contributed by atoms with van der Waals surface area (Å²) in [5.41, 5.74) is 8.39. The van der Waals surface area contributed by atoms with Gasteiger partial charge in [-0.25, -0.2) is 0 Å². The number of ether oxygens (including phenoxy) is 1. The SMILES string of the molecule is Cc1ccc(NC(=O)COc2cccc(C#N)c2)c(N)c1. The Labute approximate surface area is 123 Å². The minimum atomic E-state index is -0.312. The first kappa shape index (κ1) is 14.4. The molecule has 0 atom stereocenters. The summed E-state index contributed by atoms with van der Waals surface area (Å²) in [5, 5.41) is 11.5. The number of nitrogen functional groups attached to an aromatic ring is 1. The first-order chi connectivity index (χ1) is 10.1. The van der Waals surface area contributed by atoms with Crippen LogP contribution in [0.1, 0.15) is 11.1 Å². The summed E-state index contributed by atoms with van der Waals surface area (Å²) in [6.45, 7) is 1.77. The Morgan fingerprint density at radius 1 is 1.33 bits per heavy atom. The molecule has 0 heterocycles. The monoisotopic (exact) mass is 281 g/mol.